The molecule has 1 aliphatic rings. The number of rotatable bonds is 8. The summed E-state index contributed by atoms with van der Waals surface area (Å²) in [6.45, 7) is 4.13. The number of hydrogen-bond donors (Lipinski definition) is 1. The first-order valence-electron chi connectivity index (χ1n) is 10.5. The van der Waals surface area contributed by atoms with Crippen molar-refractivity contribution in [2.75, 3.05) is 31.6 Å². The zero-order chi connectivity index (χ0) is 22.9. The average molecular weight is 462 g/mol. The lowest BCUT2D eigenvalue weighted by atomic mass is 10.0. The molecule has 10 heteroatoms. The van der Waals surface area contributed by atoms with Gasteiger partial charge in [0.25, 0.3) is 0 Å². The third kappa shape index (κ3) is 6.24. The van der Waals surface area contributed by atoms with Gasteiger partial charge in [-0.3, -0.25) is 14.7 Å². The second-order valence-electron chi connectivity index (χ2n) is 7.46. The molecule has 1 N–H and O–H groups in total. The lowest BCUT2D eigenvalue weighted by molar-refractivity contribution is -0.111. The van der Waals surface area contributed by atoms with Crippen LogP contribution in [0.3, 0.4) is 0 Å². The van der Waals surface area contributed by atoms with E-state index in [9.17, 15) is 4.79 Å². The van der Waals surface area contributed by atoms with Crippen LogP contribution in [0.4, 0.5) is 5.69 Å². The normalized spacial score (nSPS) is 14.2. The molecule has 1 aromatic carbocycles. The molecule has 0 unspecified atom stereocenters. The molecule has 1 saturated heterocycles. The van der Waals surface area contributed by atoms with Gasteiger partial charge >= 0.3 is 0 Å². The van der Waals surface area contributed by atoms with E-state index in [0.29, 0.717) is 18.9 Å². The van der Waals surface area contributed by atoms with Crippen molar-refractivity contribution >= 4 is 29.2 Å². The lowest BCUT2D eigenvalue weighted by Gasteiger charge is -2.27. The first kappa shape index (κ1) is 22.6. The number of azide groups is 1. The van der Waals surface area contributed by atoms with Gasteiger partial charge < -0.3 is 10.1 Å². The molecule has 1 amide bonds. The summed E-state index contributed by atoms with van der Waals surface area (Å²) in [5.74, 6) is -0.260. The fraction of sp³-hybridized carbons (Fsp3) is 0.261. The third-order valence-corrected chi connectivity index (χ3v) is 5.87. The SMILES string of the molecule is [N-]=[N+]=NCc1cc(NC(=O)/C=C/c2cnccc2-c2cnsc2)ccc1CN1CCOCC1. The van der Waals surface area contributed by atoms with E-state index in [1.54, 1.807) is 24.7 Å². The minimum absolute atomic E-state index is 0.226. The third-order valence-electron chi connectivity index (χ3n) is 5.29. The number of aromatic nitrogens is 2. The molecule has 33 heavy (non-hydrogen) atoms. The zero-order valence-corrected chi connectivity index (χ0v) is 18.7. The largest absolute Gasteiger partial charge is 0.379 e. The second kappa shape index (κ2) is 11.3. The number of ether oxygens (including phenoxy) is 1. The molecule has 0 radical (unpaired) electrons. The van der Waals surface area contributed by atoms with Gasteiger partial charge in [0.1, 0.15) is 0 Å². The highest BCUT2D eigenvalue weighted by atomic mass is 32.1. The van der Waals surface area contributed by atoms with E-state index in [-0.39, 0.29) is 12.5 Å². The van der Waals surface area contributed by atoms with Crippen molar-refractivity contribution in [1.82, 2.24) is 14.3 Å². The molecular weight excluding hydrogens is 438 g/mol. The predicted molar refractivity (Wildman–Crippen MR) is 128 cm³/mol. The fourth-order valence-electron chi connectivity index (χ4n) is 3.60. The molecule has 0 atom stereocenters. The number of benzene rings is 1. The Morgan fingerprint density at radius 2 is 2.15 bits per heavy atom. The summed E-state index contributed by atoms with van der Waals surface area (Å²) in [5.41, 5.74) is 14.2. The van der Waals surface area contributed by atoms with Crippen molar-refractivity contribution in [2.45, 2.75) is 13.1 Å². The van der Waals surface area contributed by atoms with E-state index < -0.39 is 0 Å². The Labute approximate surface area is 195 Å². The van der Waals surface area contributed by atoms with Crippen molar-refractivity contribution in [3.63, 3.8) is 0 Å². The number of hydrogen-bond acceptors (Lipinski definition) is 7. The summed E-state index contributed by atoms with van der Waals surface area (Å²) in [6, 6.07) is 7.60. The molecule has 4 rings (SSSR count). The van der Waals surface area contributed by atoms with Gasteiger partial charge in [-0.2, -0.15) is 0 Å². The number of amides is 1. The number of nitrogens with zero attached hydrogens (tertiary/aromatic N) is 6. The Balaban J connectivity index is 1.47. The summed E-state index contributed by atoms with van der Waals surface area (Å²) in [5, 5.41) is 8.57. The van der Waals surface area contributed by atoms with Crippen molar-refractivity contribution in [2.24, 2.45) is 5.11 Å². The number of anilines is 1. The highest BCUT2D eigenvalue weighted by molar-refractivity contribution is 7.03. The number of morpholine rings is 1. The van der Waals surface area contributed by atoms with E-state index >= 15 is 0 Å². The van der Waals surface area contributed by atoms with Crippen LogP contribution < -0.4 is 5.32 Å². The molecule has 1 aliphatic heterocycles. The molecule has 0 bridgehead atoms. The summed E-state index contributed by atoms with van der Waals surface area (Å²) in [4.78, 5) is 21.9. The molecule has 2 aromatic heterocycles. The van der Waals surface area contributed by atoms with E-state index in [4.69, 9.17) is 10.3 Å². The molecule has 3 aromatic rings. The van der Waals surface area contributed by atoms with Crippen molar-refractivity contribution in [1.29, 1.82) is 0 Å². The van der Waals surface area contributed by atoms with E-state index in [1.807, 2.05) is 29.6 Å². The maximum absolute atomic E-state index is 12.6. The minimum Gasteiger partial charge on any atom is -0.379 e. The summed E-state index contributed by atoms with van der Waals surface area (Å²) < 4.78 is 9.55. The molecule has 0 saturated carbocycles. The Hall–Kier alpha value is -3.56. The standard InChI is InChI=1S/C23H23N7O2S/c24-29-26-13-19-11-21(3-1-18(19)15-30-7-9-32-10-8-30)28-23(31)4-2-17-12-25-6-5-22(17)20-14-27-33-16-20/h1-6,11-12,14,16H,7-10,13,15H2,(H,28,31)/b4-2+. The number of pyridine rings is 1. The molecule has 9 nitrogen and oxygen atoms in total. The highest BCUT2D eigenvalue weighted by Gasteiger charge is 2.13. The van der Waals surface area contributed by atoms with Crippen LogP contribution in [0.2, 0.25) is 0 Å². The van der Waals surface area contributed by atoms with Crippen LogP contribution in [-0.4, -0.2) is 46.5 Å². The zero-order valence-electron chi connectivity index (χ0n) is 17.9. The van der Waals surface area contributed by atoms with E-state index in [2.05, 4.69) is 29.6 Å². The quantitative estimate of drug-likeness (QED) is 0.229. The smallest absolute Gasteiger partial charge is 0.248 e. The maximum atomic E-state index is 12.6. The minimum atomic E-state index is -0.260. The summed E-state index contributed by atoms with van der Waals surface area (Å²) in [6.07, 6.45) is 8.45. The predicted octanol–water partition coefficient (Wildman–Crippen LogP) is 4.50. The maximum Gasteiger partial charge on any atom is 0.248 e. The van der Waals surface area contributed by atoms with Crippen molar-refractivity contribution in [3.8, 4) is 11.1 Å². The van der Waals surface area contributed by atoms with Gasteiger partial charge in [-0.05, 0) is 58.0 Å². The van der Waals surface area contributed by atoms with E-state index in [1.165, 1.54) is 17.6 Å². The van der Waals surface area contributed by atoms with E-state index in [0.717, 1.165) is 47.5 Å². The highest BCUT2D eigenvalue weighted by Crippen LogP contribution is 2.25. The topological polar surface area (TPSA) is 116 Å². The van der Waals surface area contributed by atoms with Crippen LogP contribution >= 0.6 is 11.5 Å². The van der Waals surface area contributed by atoms with Gasteiger partial charge in [0.2, 0.25) is 5.91 Å². The van der Waals surface area contributed by atoms with Crippen LogP contribution in [0, 0.1) is 0 Å². The van der Waals surface area contributed by atoms with Gasteiger partial charge in [-0.1, -0.05) is 11.2 Å². The molecule has 3 heterocycles. The van der Waals surface area contributed by atoms with Gasteiger partial charge in [-0.15, -0.1) is 0 Å². The Morgan fingerprint density at radius 1 is 1.27 bits per heavy atom. The first-order chi connectivity index (χ1) is 16.2. The van der Waals surface area contributed by atoms with Crippen LogP contribution in [0.1, 0.15) is 16.7 Å². The van der Waals surface area contributed by atoms with Gasteiger partial charge in [0.05, 0.1) is 19.8 Å². The second-order valence-corrected chi connectivity index (χ2v) is 8.12. The van der Waals surface area contributed by atoms with Crippen molar-refractivity contribution in [3.05, 3.63) is 81.4 Å². The van der Waals surface area contributed by atoms with Crippen molar-refractivity contribution < 1.29 is 9.53 Å². The number of nitrogens with one attached hydrogen (secondary N) is 1. The van der Waals surface area contributed by atoms with Crippen LogP contribution in [0.15, 0.2) is 59.4 Å². The molecule has 0 spiro atoms. The molecular formula is C23H23N7O2S. The summed E-state index contributed by atoms with van der Waals surface area (Å²) in [7, 11) is 0. The van der Waals surface area contributed by atoms with Gasteiger partial charge in [0, 0.05) is 71.4 Å². The first-order valence-corrected chi connectivity index (χ1v) is 11.3. The van der Waals surface area contributed by atoms with Crippen LogP contribution in [0.25, 0.3) is 27.6 Å². The summed E-state index contributed by atoms with van der Waals surface area (Å²) >= 11 is 1.38. The monoisotopic (exact) mass is 461 g/mol. The molecule has 168 valence electrons. The lowest BCUT2D eigenvalue weighted by Crippen LogP contribution is -2.35. The number of carbonyl (C=O) groups excluding carboxylic acids is 1. The van der Waals surface area contributed by atoms with Gasteiger partial charge in [-0.25, -0.2) is 4.37 Å². The Morgan fingerprint density at radius 3 is 2.94 bits per heavy atom. The molecule has 0 aliphatic carbocycles. The van der Waals surface area contributed by atoms with Crippen LogP contribution in [-0.2, 0) is 22.6 Å². The fourth-order valence-corrected chi connectivity index (χ4v) is 4.14. The van der Waals surface area contributed by atoms with Gasteiger partial charge in [0.15, 0.2) is 0 Å². The average Bonchev–Trinajstić information content (AvgIpc) is 3.38. The Kier molecular flexibility index (Phi) is 7.78. The van der Waals surface area contributed by atoms with Crippen LogP contribution in [0.5, 0.6) is 0 Å². The Bertz CT molecular complexity index is 1170. The molecule has 1 fully saturated rings. The number of carbonyl (C=O) groups is 1.